The fraction of sp³-hybridized carbons (Fsp3) is 0.294. The molecule has 0 atom stereocenters. The van der Waals surface area contributed by atoms with Crippen molar-refractivity contribution in [2.45, 2.75) is 32.5 Å². The lowest BCUT2D eigenvalue weighted by Gasteiger charge is -2.14. The lowest BCUT2D eigenvalue weighted by molar-refractivity contribution is -0.138. The Bertz CT molecular complexity index is 821. The largest absolute Gasteiger partial charge is 0.416 e. The summed E-state index contributed by atoms with van der Waals surface area (Å²) in [5.74, 6) is 0.762. The van der Waals surface area contributed by atoms with E-state index in [1.54, 1.807) is 22.9 Å². The first-order chi connectivity index (χ1) is 11.0. The molecule has 0 amide bonds. The summed E-state index contributed by atoms with van der Waals surface area (Å²) in [7, 11) is 0. The van der Waals surface area contributed by atoms with Gasteiger partial charge in [0, 0.05) is 12.6 Å². The third-order valence-corrected chi connectivity index (χ3v) is 3.71. The number of rotatable bonds is 4. The smallest absolute Gasteiger partial charge is 0.308 e. The van der Waals surface area contributed by atoms with Crippen LogP contribution in [0.3, 0.4) is 0 Å². The molecule has 0 fully saturated rings. The molecule has 23 heavy (non-hydrogen) atoms. The molecule has 6 heteroatoms. The summed E-state index contributed by atoms with van der Waals surface area (Å²) >= 11 is 0. The van der Waals surface area contributed by atoms with Crippen molar-refractivity contribution in [3.8, 4) is 0 Å². The molecule has 0 N–H and O–H groups in total. The second kappa shape index (κ2) is 6.02. The van der Waals surface area contributed by atoms with Crippen LogP contribution in [0, 0.1) is 0 Å². The molecule has 0 spiro atoms. The summed E-state index contributed by atoms with van der Waals surface area (Å²) in [6, 6.07) is 9.25. The lowest BCUT2D eigenvalue weighted by Crippen LogP contribution is -2.13. The van der Waals surface area contributed by atoms with Gasteiger partial charge in [-0.3, -0.25) is 0 Å². The van der Waals surface area contributed by atoms with Crippen molar-refractivity contribution in [1.29, 1.82) is 0 Å². The monoisotopic (exact) mass is 319 g/mol. The normalized spacial score (nSPS) is 12.0. The summed E-state index contributed by atoms with van der Waals surface area (Å²) in [4.78, 5) is 8.80. The Hall–Kier alpha value is -2.37. The zero-order valence-corrected chi connectivity index (χ0v) is 12.6. The summed E-state index contributed by atoms with van der Waals surface area (Å²) in [6.45, 7) is 2.12. The number of nitrogens with zero attached hydrogens (tertiary/aromatic N) is 3. The molecule has 0 saturated carbocycles. The van der Waals surface area contributed by atoms with Crippen molar-refractivity contribution in [1.82, 2.24) is 14.5 Å². The van der Waals surface area contributed by atoms with Gasteiger partial charge in [0.25, 0.3) is 0 Å². The SMILES string of the molecule is CCCc1nc2cccnc2n1Cc1ccccc1C(F)(F)F. The average molecular weight is 319 g/mol. The van der Waals surface area contributed by atoms with Gasteiger partial charge in [-0.1, -0.05) is 25.1 Å². The first-order valence-corrected chi connectivity index (χ1v) is 7.46. The van der Waals surface area contributed by atoms with Gasteiger partial charge in [-0.25, -0.2) is 9.97 Å². The summed E-state index contributed by atoms with van der Waals surface area (Å²) < 4.78 is 41.4. The van der Waals surface area contributed by atoms with Gasteiger partial charge in [0.05, 0.1) is 12.1 Å². The van der Waals surface area contributed by atoms with E-state index in [4.69, 9.17) is 0 Å². The van der Waals surface area contributed by atoms with Gasteiger partial charge in [-0.15, -0.1) is 0 Å². The van der Waals surface area contributed by atoms with Crippen molar-refractivity contribution >= 4 is 11.2 Å². The van der Waals surface area contributed by atoms with E-state index in [9.17, 15) is 13.2 Å². The van der Waals surface area contributed by atoms with Crippen molar-refractivity contribution in [2.24, 2.45) is 0 Å². The lowest BCUT2D eigenvalue weighted by atomic mass is 10.1. The van der Waals surface area contributed by atoms with Crippen LogP contribution in [0.5, 0.6) is 0 Å². The Morgan fingerprint density at radius 3 is 2.61 bits per heavy atom. The van der Waals surface area contributed by atoms with Crippen LogP contribution >= 0.6 is 0 Å². The Morgan fingerprint density at radius 1 is 1.09 bits per heavy atom. The zero-order chi connectivity index (χ0) is 16.4. The molecule has 3 nitrogen and oxygen atoms in total. The Balaban J connectivity index is 2.10. The number of hydrogen-bond donors (Lipinski definition) is 0. The van der Waals surface area contributed by atoms with Crippen molar-refractivity contribution < 1.29 is 13.2 Å². The van der Waals surface area contributed by atoms with Gasteiger partial charge < -0.3 is 4.57 Å². The first kappa shape index (κ1) is 15.5. The van der Waals surface area contributed by atoms with E-state index in [0.717, 1.165) is 18.3 Å². The van der Waals surface area contributed by atoms with E-state index in [0.29, 0.717) is 17.6 Å². The third kappa shape index (κ3) is 3.06. The molecule has 0 aliphatic heterocycles. The number of pyridine rings is 1. The van der Waals surface area contributed by atoms with Crippen LogP contribution in [0.4, 0.5) is 13.2 Å². The van der Waals surface area contributed by atoms with Crippen LogP contribution in [-0.4, -0.2) is 14.5 Å². The Morgan fingerprint density at radius 2 is 1.87 bits per heavy atom. The molecule has 3 aromatic rings. The molecule has 0 saturated heterocycles. The van der Waals surface area contributed by atoms with Gasteiger partial charge in [0.2, 0.25) is 0 Å². The van der Waals surface area contributed by atoms with Crippen LogP contribution in [0.1, 0.15) is 30.3 Å². The molecule has 3 rings (SSSR count). The molecule has 0 unspecified atom stereocenters. The highest BCUT2D eigenvalue weighted by Gasteiger charge is 2.33. The molecule has 1 aromatic carbocycles. The minimum atomic E-state index is -4.37. The van der Waals surface area contributed by atoms with Crippen LogP contribution < -0.4 is 0 Å². The van der Waals surface area contributed by atoms with Crippen LogP contribution in [0.2, 0.25) is 0 Å². The van der Waals surface area contributed by atoms with Crippen LogP contribution in [0.15, 0.2) is 42.6 Å². The van der Waals surface area contributed by atoms with E-state index in [-0.39, 0.29) is 12.1 Å². The minimum absolute atomic E-state index is 0.110. The van der Waals surface area contributed by atoms with E-state index in [2.05, 4.69) is 9.97 Å². The highest BCUT2D eigenvalue weighted by atomic mass is 19.4. The van der Waals surface area contributed by atoms with Crippen LogP contribution in [0.25, 0.3) is 11.2 Å². The van der Waals surface area contributed by atoms with E-state index >= 15 is 0 Å². The number of hydrogen-bond acceptors (Lipinski definition) is 2. The number of aryl methyl sites for hydroxylation is 1. The minimum Gasteiger partial charge on any atom is -0.308 e. The van der Waals surface area contributed by atoms with E-state index < -0.39 is 11.7 Å². The molecular weight excluding hydrogens is 303 g/mol. The number of halogens is 3. The fourth-order valence-electron chi connectivity index (χ4n) is 2.69. The predicted molar refractivity (Wildman–Crippen MR) is 82.1 cm³/mol. The van der Waals surface area contributed by atoms with Gasteiger partial charge >= 0.3 is 6.18 Å². The number of imidazole rings is 1. The maximum absolute atomic E-state index is 13.2. The topological polar surface area (TPSA) is 30.7 Å². The van der Waals surface area contributed by atoms with E-state index in [1.165, 1.54) is 12.1 Å². The molecule has 2 aromatic heterocycles. The number of fused-ring (bicyclic) bond motifs is 1. The summed E-state index contributed by atoms with van der Waals surface area (Å²) in [6.07, 6.45) is -1.17. The second-order valence-corrected chi connectivity index (χ2v) is 5.37. The molecule has 0 radical (unpaired) electrons. The van der Waals surface area contributed by atoms with Crippen molar-refractivity contribution in [3.63, 3.8) is 0 Å². The Kier molecular flexibility index (Phi) is 4.07. The molecule has 120 valence electrons. The maximum atomic E-state index is 13.2. The third-order valence-electron chi connectivity index (χ3n) is 3.71. The van der Waals surface area contributed by atoms with Crippen LogP contribution in [-0.2, 0) is 19.1 Å². The van der Waals surface area contributed by atoms with Gasteiger partial charge in [-0.2, -0.15) is 13.2 Å². The zero-order valence-electron chi connectivity index (χ0n) is 12.6. The standard InChI is InChI=1S/C17H16F3N3/c1-2-6-15-22-14-9-5-10-21-16(14)23(15)11-12-7-3-4-8-13(12)17(18,19)20/h3-5,7-10H,2,6,11H2,1H3. The molecule has 2 heterocycles. The van der Waals surface area contributed by atoms with Gasteiger partial charge in [0.1, 0.15) is 11.3 Å². The highest BCUT2D eigenvalue weighted by Crippen LogP contribution is 2.32. The molecule has 0 aliphatic rings. The quantitative estimate of drug-likeness (QED) is 0.711. The maximum Gasteiger partial charge on any atom is 0.416 e. The van der Waals surface area contributed by atoms with Crippen molar-refractivity contribution in [3.05, 3.63) is 59.5 Å². The highest BCUT2D eigenvalue weighted by molar-refractivity contribution is 5.71. The van der Waals surface area contributed by atoms with E-state index in [1.807, 2.05) is 13.0 Å². The number of alkyl halides is 3. The summed E-state index contributed by atoms with van der Waals surface area (Å²) in [5.41, 5.74) is 0.941. The average Bonchev–Trinajstić information content (AvgIpc) is 2.85. The summed E-state index contributed by atoms with van der Waals surface area (Å²) in [5, 5.41) is 0. The molecule has 0 bridgehead atoms. The Labute approximate surface area is 131 Å². The first-order valence-electron chi connectivity index (χ1n) is 7.46. The van der Waals surface area contributed by atoms with Gasteiger partial charge in [-0.05, 0) is 30.2 Å². The molecular formula is C17H16F3N3. The molecule has 0 aliphatic carbocycles. The second-order valence-electron chi connectivity index (χ2n) is 5.37. The predicted octanol–water partition coefficient (Wildman–Crippen LogP) is 4.45. The number of aromatic nitrogens is 3. The fourth-order valence-corrected chi connectivity index (χ4v) is 2.69. The van der Waals surface area contributed by atoms with Gasteiger partial charge in [0.15, 0.2) is 5.65 Å². The number of benzene rings is 1. The van der Waals surface area contributed by atoms with Crippen molar-refractivity contribution in [2.75, 3.05) is 0 Å².